The third-order valence-corrected chi connectivity index (χ3v) is 3.40. The Labute approximate surface area is 106 Å². The minimum atomic E-state index is 0.788. The van der Waals surface area contributed by atoms with E-state index in [0.717, 1.165) is 56.0 Å². The van der Waals surface area contributed by atoms with E-state index >= 15 is 0 Å². The molecule has 1 aromatic carbocycles. The molecule has 2 N–H and O–H groups in total. The Bertz CT molecular complexity index is 531. The molecular weight excluding hydrogens is 228 g/mol. The fourth-order valence-electron chi connectivity index (χ4n) is 2.33. The zero-order valence-electron chi connectivity index (χ0n) is 10.4. The van der Waals surface area contributed by atoms with Gasteiger partial charge in [0.1, 0.15) is 0 Å². The predicted molar refractivity (Wildman–Crippen MR) is 71.4 cm³/mol. The molecule has 5 heteroatoms. The van der Waals surface area contributed by atoms with Crippen LogP contribution < -0.4 is 5.73 Å². The number of nitrogens with two attached hydrogens (primary N) is 1. The van der Waals surface area contributed by atoms with Crippen LogP contribution in [0.25, 0.3) is 10.9 Å². The first-order valence-corrected chi connectivity index (χ1v) is 6.34. The monoisotopic (exact) mass is 246 g/mol. The first-order valence-electron chi connectivity index (χ1n) is 6.34. The minimum Gasteiger partial charge on any atom is -0.399 e. The molecule has 5 nitrogen and oxygen atoms in total. The van der Waals surface area contributed by atoms with Gasteiger partial charge in [0, 0.05) is 30.7 Å². The third kappa shape index (κ3) is 2.32. The summed E-state index contributed by atoms with van der Waals surface area (Å²) in [4.78, 5) is 2.41. The summed E-state index contributed by atoms with van der Waals surface area (Å²) in [6.07, 6.45) is 1.90. The van der Waals surface area contributed by atoms with Gasteiger partial charge in [0.05, 0.1) is 31.5 Å². The first kappa shape index (κ1) is 11.5. The van der Waals surface area contributed by atoms with E-state index in [-0.39, 0.29) is 0 Å². The van der Waals surface area contributed by atoms with Gasteiger partial charge in [-0.2, -0.15) is 5.10 Å². The Morgan fingerprint density at radius 3 is 2.89 bits per heavy atom. The summed E-state index contributed by atoms with van der Waals surface area (Å²) in [5.41, 5.74) is 7.72. The molecule has 1 aliphatic rings. The van der Waals surface area contributed by atoms with Gasteiger partial charge in [-0.25, -0.2) is 0 Å². The van der Waals surface area contributed by atoms with Crippen LogP contribution >= 0.6 is 0 Å². The molecule has 0 unspecified atom stereocenters. The van der Waals surface area contributed by atoms with Gasteiger partial charge >= 0.3 is 0 Å². The van der Waals surface area contributed by atoms with Gasteiger partial charge in [0.2, 0.25) is 0 Å². The number of nitrogens with zero attached hydrogens (tertiary/aromatic N) is 3. The summed E-state index contributed by atoms with van der Waals surface area (Å²) >= 11 is 0. The molecule has 0 radical (unpaired) electrons. The molecule has 0 saturated carbocycles. The van der Waals surface area contributed by atoms with Crippen molar-refractivity contribution >= 4 is 16.6 Å². The smallest absolute Gasteiger partial charge is 0.0703 e. The number of nitrogen functional groups attached to an aromatic ring is 1. The number of fused-ring (bicyclic) bond motifs is 1. The van der Waals surface area contributed by atoms with Crippen molar-refractivity contribution < 1.29 is 4.74 Å². The molecule has 0 bridgehead atoms. The SMILES string of the molecule is Nc1ccc2cnn(CCN3CCOCC3)c2c1. The maximum absolute atomic E-state index is 5.82. The van der Waals surface area contributed by atoms with Crippen molar-refractivity contribution in [1.29, 1.82) is 0 Å². The summed E-state index contributed by atoms with van der Waals surface area (Å²) in [5.74, 6) is 0. The van der Waals surface area contributed by atoms with E-state index < -0.39 is 0 Å². The van der Waals surface area contributed by atoms with Crippen molar-refractivity contribution in [3.63, 3.8) is 0 Å². The topological polar surface area (TPSA) is 56.3 Å². The highest BCUT2D eigenvalue weighted by molar-refractivity contribution is 5.81. The molecule has 1 aromatic heterocycles. The molecule has 3 rings (SSSR count). The van der Waals surface area contributed by atoms with E-state index in [9.17, 15) is 0 Å². The highest BCUT2D eigenvalue weighted by Gasteiger charge is 2.11. The normalized spacial score (nSPS) is 17.3. The highest BCUT2D eigenvalue weighted by Crippen LogP contribution is 2.16. The van der Waals surface area contributed by atoms with Crippen LogP contribution in [0.1, 0.15) is 0 Å². The second-order valence-electron chi connectivity index (χ2n) is 4.64. The second-order valence-corrected chi connectivity index (χ2v) is 4.64. The van der Waals surface area contributed by atoms with Crippen LogP contribution in [0.15, 0.2) is 24.4 Å². The number of hydrogen-bond donors (Lipinski definition) is 1. The van der Waals surface area contributed by atoms with Gasteiger partial charge in [-0.15, -0.1) is 0 Å². The average Bonchev–Trinajstić information content (AvgIpc) is 2.80. The van der Waals surface area contributed by atoms with Crippen molar-refractivity contribution in [3.8, 4) is 0 Å². The average molecular weight is 246 g/mol. The Kier molecular flexibility index (Phi) is 3.17. The van der Waals surface area contributed by atoms with Gasteiger partial charge in [0.25, 0.3) is 0 Å². The zero-order valence-corrected chi connectivity index (χ0v) is 10.4. The van der Waals surface area contributed by atoms with Gasteiger partial charge < -0.3 is 10.5 Å². The fourth-order valence-corrected chi connectivity index (χ4v) is 2.33. The lowest BCUT2D eigenvalue weighted by Crippen LogP contribution is -2.38. The van der Waals surface area contributed by atoms with Crippen LogP contribution in [0.3, 0.4) is 0 Å². The standard InChI is InChI=1S/C13H18N4O/c14-12-2-1-11-10-15-17(13(11)9-12)4-3-16-5-7-18-8-6-16/h1-2,9-10H,3-8,14H2. The van der Waals surface area contributed by atoms with Gasteiger partial charge in [-0.1, -0.05) is 0 Å². The number of benzene rings is 1. The van der Waals surface area contributed by atoms with E-state index in [4.69, 9.17) is 10.5 Å². The van der Waals surface area contributed by atoms with Crippen LogP contribution in [-0.2, 0) is 11.3 Å². The van der Waals surface area contributed by atoms with Crippen molar-refractivity contribution in [2.45, 2.75) is 6.54 Å². The molecule has 96 valence electrons. The van der Waals surface area contributed by atoms with Crippen molar-refractivity contribution in [2.24, 2.45) is 0 Å². The van der Waals surface area contributed by atoms with E-state index in [0.29, 0.717) is 0 Å². The molecule has 18 heavy (non-hydrogen) atoms. The van der Waals surface area contributed by atoms with Crippen LogP contribution in [0.4, 0.5) is 5.69 Å². The van der Waals surface area contributed by atoms with Crippen molar-refractivity contribution in [2.75, 3.05) is 38.6 Å². The molecule has 1 aliphatic heterocycles. The minimum absolute atomic E-state index is 0.788. The van der Waals surface area contributed by atoms with Gasteiger partial charge in [-0.3, -0.25) is 9.58 Å². The summed E-state index contributed by atoms with van der Waals surface area (Å²) in [5, 5.41) is 5.57. The molecule has 1 saturated heterocycles. The Morgan fingerprint density at radius 2 is 2.06 bits per heavy atom. The Hall–Kier alpha value is -1.59. The lowest BCUT2D eigenvalue weighted by Gasteiger charge is -2.26. The summed E-state index contributed by atoms with van der Waals surface area (Å²) < 4.78 is 7.37. The van der Waals surface area contributed by atoms with E-state index in [1.807, 2.05) is 29.1 Å². The summed E-state index contributed by atoms with van der Waals surface area (Å²) in [6, 6.07) is 5.92. The summed E-state index contributed by atoms with van der Waals surface area (Å²) in [6.45, 7) is 5.62. The first-order chi connectivity index (χ1) is 8.83. The number of morpholine rings is 1. The molecule has 1 fully saturated rings. The Balaban J connectivity index is 1.72. The van der Waals surface area contributed by atoms with Crippen molar-refractivity contribution in [1.82, 2.24) is 14.7 Å². The number of ether oxygens (including phenoxy) is 1. The molecule has 0 spiro atoms. The van der Waals surface area contributed by atoms with Crippen LogP contribution in [0.2, 0.25) is 0 Å². The lowest BCUT2D eigenvalue weighted by molar-refractivity contribution is 0.0361. The summed E-state index contributed by atoms with van der Waals surface area (Å²) in [7, 11) is 0. The number of anilines is 1. The third-order valence-electron chi connectivity index (χ3n) is 3.40. The van der Waals surface area contributed by atoms with Crippen molar-refractivity contribution in [3.05, 3.63) is 24.4 Å². The van der Waals surface area contributed by atoms with E-state index in [2.05, 4.69) is 10.00 Å². The zero-order chi connectivity index (χ0) is 12.4. The second kappa shape index (κ2) is 4.96. The Morgan fingerprint density at radius 1 is 1.22 bits per heavy atom. The highest BCUT2D eigenvalue weighted by atomic mass is 16.5. The quantitative estimate of drug-likeness (QED) is 0.819. The van der Waals surface area contributed by atoms with Crippen LogP contribution in [0, 0.1) is 0 Å². The maximum Gasteiger partial charge on any atom is 0.0703 e. The van der Waals surface area contributed by atoms with Gasteiger partial charge in [0.15, 0.2) is 0 Å². The molecule has 2 aromatic rings. The fraction of sp³-hybridized carbons (Fsp3) is 0.462. The van der Waals surface area contributed by atoms with Crippen LogP contribution in [-0.4, -0.2) is 47.5 Å². The molecule has 0 amide bonds. The number of rotatable bonds is 3. The van der Waals surface area contributed by atoms with Gasteiger partial charge in [-0.05, 0) is 18.2 Å². The number of hydrogen-bond acceptors (Lipinski definition) is 4. The van der Waals surface area contributed by atoms with E-state index in [1.54, 1.807) is 0 Å². The maximum atomic E-state index is 5.82. The largest absolute Gasteiger partial charge is 0.399 e. The van der Waals surface area contributed by atoms with E-state index in [1.165, 1.54) is 0 Å². The molecule has 0 aliphatic carbocycles. The lowest BCUT2D eigenvalue weighted by atomic mass is 10.2. The molecule has 0 atom stereocenters. The molecular formula is C13H18N4O. The van der Waals surface area contributed by atoms with Crippen LogP contribution in [0.5, 0.6) is 0 Å². The molecule has 2 heterocycles. The number of aromatic nitrogens is 2. The predicted octanol–water partition coefficient (Wildman–Crippen LogP) is 0.951.